The third-order valence-electron chi connectivity index (χ3n) is 3.23. The zero-order valence-electron chi connectivity index (χ0n) is 12.7. The van der Waals surface area contributed by atoms with Crippen LogP contribution in [0.5, 0.6) is 5.75 Å². The van der Waals surface area contributed by atoms with E-state index >= 15 is 0 Å². The van der Waals surface area contributed by atoms with Crippen LogP contribution in [-0.4, -0.2) is 22.2 Å². The quantitative estimate of drug-likeness (QED) is 0.841. The number of carbonyl (C=O) groups is 1. The van der Waals surface area contributed by atoms with Crippen molar-refractivity contribution < 1.29 is 14.6 Å². The lowest BCUT2D eigenvalue weighted by molar-refractivity contribution is 0.0520. The average Bonchev–Trinajstić information content (AvgIpc) is 2.44. The zero-order valence-corrected chi connectivity index (χ0v) is 14.3. The molecule has 2 rings (SSSR count). The Morgan fingerprint density at radius 1 is 1.41 bits per heavy atom. The standard InChI is InChI=1S/C16H18BrNO4/c1-4-22-16(21)13-14(19)11-7-10(17)5-6-12(11)18(15(13)20)8-9(2)3/h5-7,9,19H,4,8H2,1-3H3. The third-order valence-corrected chi connectivity index (χ3v) is 3.72. The molecule has 1 aromatic carbocycles. The van der Waals surface area contributed by atoms with Crippen molar-refractivity contribution >= 4 is 32.8 Å². The van der Waals surface area contributed by atoms with Crippen molar-refractivity contribution in [3.8, 4) is 5.75 Å². The molecule has 0 aliphatic rings. The van der Waals surface area contributed by atoms with Crippen molar-refractivity contribution in [1.82, 2.24) is 4.57 Å². The molecule has 0 radical (unpaired) electrons. The molecule has 0 bridgehead atoms. The maximum Gasteiger partial charge on any atom is 0.347 e. The van der Waals surface area contributed by atoms with Crippen LogP contribution in [0.1, 0.15) is 31.1 Å². The number of ether oxygens (including phenoxy) is 1. The number of aromatic hydroxyl groups is 1. The van der Waals surface area contributed by atoms with Crippen molar-refractivity contribution in [2.75, 3.05) is 6.61 Å². The molecule has 22 heavy (non-hydrogen) atoms. The highest BCUT2D eigenvalue weighted by Gasteiger charge is 2.23. The molecule has 5 nitrogen and oxygen atoms in total. The lowest BCUT2D eigenvalue weighted by Crippen LogP contribution is -2.29. The molecule has 0 fully saturated rings. The Balaban J connectivity index is 2.85. The van der Waals surface area contributed by atoms with Crippen LogP contribution < -0.4 is 5.56 Å². The molecule has 1 heterocycles. The SMILES string of the molecule is CCOC(=O)c1c(O)c2cc(Br)ccc2n(CC(C)C)c1=O. The first-order valence-corrected chi connectivity index (χ1v) is 7.88. The van der Waals surface area contributed by atoms with Gasteiger partial charge in [-0.1, -0.05) is 29.8 Å². The molecule has 6 heteroatoms. The van der Waals surface area contributed by atoms with Gasteiger partial charge in [-0.25, -0.2) is 4.79 Å². The molecule has 0 saturated heterocycles. The number of benzene rings is 1. The summed E-state index contributed by atoms with van der Waals surface area (Å²) in [4.78, 5) is 24.7. The van der Waals surface area contributed by atoms with Crippen LogP contribution in [0.4, 0.5) is 0 Å². The van der Waals surface area contributed by atoms with Gasteiger partial charge in [0.15, 0.2) is 5.56 Å². The van der Waals surface area contributed by atoms with Crippen molar-refractivity contribution in [3.05, 3.63) is 38.6 Å². The summed E-state index contributed by atoms with van der Waals surface area (Å²) in [7, 11) is 0. The first kappa shape index (κ1) is 16.5. The summed E-state index contributed by atoms with van der Waals surface area (Å²) in [5.74, 6) is -0.923. The Morgan fingerprint density at radius 3 is 2.68 bits per heavy atom. The van der Waals surface area contributed by atoms with Crippen molar-refractivity contribution in [2.45, 2.75) is 27.3 Å². The Labute approximate surface area is 136 Å². The zero-order chi connectivity index (χ0) is 16.4. The Kier molecular flexibility index (Phi) is 4.90. The van der Waals surface area contributed by atoms with E-state index in [-0.39, 0.29) is 23.8 Å². The van der Waals surface area contributed by atoms with Gasteiger partial charge < -0.3 is 14.4 Å². The summed E-state index contributed by atoms with van der Waals surface area (Å²) in [6, 6.07) is 5.23. The number of hydrogen-bond donors (Lipinski definition) is 1. The van der Waals surface area contributed by atoms with E-state index < -0.39 is 11.5 Å². The molecular weight excluding hydrogens is 350 g/mol. The lowest BCUT2D eigenvalue weighted by atomic mass is 10.1. The van der Waals surface area contributed by atoms with E-state index in [4.69, 9.17) is 4.74 Å². The normalized spacial score (nSPS) is 11.1. The Bertz CT molecular complexity index is 780. The molecule has 2 aromatic rings. The summed E-state index contributed by atoms with van der Waals surface area (Å²) in [5, 5.41) is 10.8. The van der Waals surface area contributed by atoms with Gasteiger partial charge in [-0.3, -0.25) is 4.79 Å². The number of hydrogen-bond acceptors (Lipinski definition) is 4. The number of fused-ring (bicyclic) bond motifs is 1. The lowest BCUT2D eigenvalue weighted by Gasteiger charge is -2.16. The largest absolute Gasteiger partial charge is 0.506 e. The predicted molar refractivity (Wildman–Crippen MR) is 88.4 cm³/mol. The number of pyridine rings is 1. The molecule has 0 atom stereocenters. The summed E-state index contributed by atoms with van der Waals surface area (Å²) in [6.45, 7) is 6.20. The van der Waals surface area contributed by atoms with E-state index in [2.05, 4.69) is 15.9 Å². The van der Waals surface area contributed by atoms with Crippen LogP contribution in [0.3, 0.4) is 0 Å². The molecule has 0 saturated carbocycles. The fourth-order valence-electron chi connectivity index (χ4n) is 2.35. The maximum absolute atomic E-state index is 12.6. The van der Waals surface area contributed by atoms with Gasteiger partial charge in [0.25, 0.3) is 5.56 Å². The van der Waals surface area contributed by atoms with Crippen LogP contribution in [0.2, 0.25) is 0 Å². The first-order chi connectivity index (χ1) is 10.4. The van der Waals surface area contributed by atoms with E-state index in [0.717, 1.165) is 4.47 Å². The van der Waals surface area contributed by atoms with Gasteiger partial charge in [0.05, 0.1) is 12.1 Å². The van der Waals surface area contributed by atoms with Gasteiger partial charge in [0.2, 0.25) is 0 Å². The monoisotopic (exact) mass is 367 g/mol. The van der Waals surface area contributed by atoms with Gasteiger partial charge >= 0.3 is 5.97 Å². The number of esters is 1. The molecule has 0 aliphatic heterocycles. The van der Waals surface area contributed by atoms with Gasteiger partial charge in [0, 0.05) is 16.4 Å². The highest BCUT2D eigenvalue weighted by molar-refractivity contribution is 9.10. The average molecular weight is 368 g/mol. The molecule has 118 valence electrons. The minimum Gasteiger partial charge on any atom is -0.506 e. The van der Waals surface area contributed by atoms with E-state index in [9.17, 15) is 14.7 Å². The summed E-state index contributed by atoms with van der Waals surface area (Å²) in [5.41, 5.74) is -0.250. The van der Waals surface area contributed by atoms with Crippen molar-refractivity contribution in [1.29, 1.82) is 0 Å². The number of halogens is 1. The molecule has 0 amide bonds. The van der Waals surface area contributed by atoms with Gasteiger partial charge in [0.1, 0.15) is 5.75 Å². The van der Waals surface area contributed by atoms with Gasteiger partial charge in [-0.15, -0.1) is 0 Å². The fourth-order valence-corrected chi connectivity index (χ4v) is 2.71. The van der Waals surface area contributed by atoms with Crippen LogP contribution in [0, 0.1) is 5.92 Å². The van der Waals surface area contributed by atoms with E-state index in [1.807, 2.05) is 13.8 Å². The second kappa shape index (κ2) is 6.52. The van der Waals surface area contributed by atoms with Crippen LogP contribution in [0.15, 0.2) is 27.5 Å². The molecular formula is C16H18BrNO4. The van der Waals surface area contributed by atoms with E-state index in [1.165, 1.54) is 4.57 Å². The topological polar surface area (TPSA) is 68.5 Å². The molecule has 0 aliphatic carbocycles. The smallest absolute Gasteiger partial charge is 0.347 e. The van der Waals surface area contributed by atoms with Gasteiger partial charge in [-0.2, -0.15) is 0 Å². The molecule has 1 aromatic heterocycles. The Hall–Kier alpha value is -1.82. The first-order valence-electron chi connectivity index (χ1n) is 7.09. The van der Waals surface area contributed by atoms with Crippen molar-refractivity contribution in [2.24, 2.45) is 5.92 Å². The molecule has 0 unspecified atom stereocenters. The highest BCUT2D eigenvalue weighted by Crippen LogP contribution is 2.29. The summed E-state index contributed by atoms with van der Waals surface area (Å²) < 4.78 is 7.17. The van der Waals surface area contributed by atoms with Gasteiger partial charge in [-0.05, 0) is 31.0 Å². The number of carbonyl (C=O) groups excluding carboxylic acids is 1. The Morgan fingerprint density at radius 2 is 2.09 bits per heavy atom. The fraction of sp³-hybridized carbons (Fsp3) is 0.375. The molecule has 0 spiro atoms. The van der Waals surface area contributed by atoms with E-state index in [0.29, 0.717) is 17.4 Å². The predicted octanol–water partition coefficient (Wildman–Crippen LogP) is 3.30. The second-order valence-electron chi connectivity index (χ2n) is 5.42. The second-order valence-corrected chi connectivity index (χ2v) is 6.33. The van der Waals surface area contributed by atoms with Crippen LogP contribution >= 0.6 is 15.9 Å². The number of rotatable bonds is 4. The minimum atomic E-state index is -0.801. The minimum absolute atomic E-state index is 0.137. The summed E-state index contributed by atoms with van der Waals surface area (Å²) in [6.07, 6.45) is 0. The molecule has 1 N–H and O–H groups in total. The summed E-state index contributed by atoms with van der Waals surface area (Å²) >= 11 is 3.34. The van der Waals surface area contributed by atoms with Crippen LogP contribution in [-0.2, 0) is 11.3 Å². The highest BCUT2D eigenvalue weighted by atomic mass is 79.9. The van der Waals surface area contributed by atoms with E-state index in [1.54, 1.807) is 25.1 Å². The maximum atomic E-state index is 12.6. The van der Waals surface area contributed by atoms with Crippen molar-refractivity contribution in [3.63, 3.8) is 0 Å². The van der Waals surface area contributed by atoms with Crippen LogP contribution in [0.25, 0.3) is 10.9 Å². The number of aromatic nitrogens is 1. The number of nitrogens with zero attached hydrogens (tertiary/aromatic N) is 1. The third kappa shape index (κ3) is 3.02.